The van der Waals surface area contributed by atoms with Crippen molar-refractivity contribution in [2.75, 3.05) is 11.9 Å². The van der Waals surface area contributed by atoms with Crippen LogP contribution in [0.15, 0.2) is 48.7 Å². The van der Waals surface area contributed by atoms with E-state index >= 15 is 0 Å². The van der Waals surface area contributed by atoms with E-state index in [0.717, 1.165) is 24.2 Å². The van der Waals surface area contributed by atoms with Gasteiger partial charge in [-0.3, -0.25) is 4.98 Å². The van der Waals surface area contributed by atoms with E-state index in [2.05, 4.69) is 28.5 Å². The SMILES string of the molecule is C/C=C/CCNc1ccnc2ccccc12. The van der Waals surface area contributed by atoms with Crippen LogP contribution in [0.25, 0.3) is 10.9 Å². The molecule has 0 unspecified atom stereocenters. The zero-order valence-electron chi connectivity index (χ0n) is 9.48. The van der Waals surface area contributed by atoms with Crippen molar-refractivity contribution in [3.8, 4) is 0 Å². The molecule has 2 nitrogen and oxygen atoms in total. The Morgan fingerprint density at radius 1 is 1.25 bits per heavy atom. The lowest BCUT2D eigenvalue weighted by molar-refractivity contribution is 1.07. The van der Waals surface area contributed by atoms with Gasteiger partial charge in [0.05, 0.1) is 5.52 Å². The molecule has 0 aliphatic rings. The Balaban J connectivity index is 2.17. The molecular weight excluding hydrogens is 196 g/mol. The number of allylic oxidation sites excluding steroid dienone is 1. The smallest absolute Gasteiger partial charge is 0.0722 e. The molecule has 0 fully saturated rings. The van der Waals surface area contributed by atoms with Gasteiger partial charge in [0.15, 0.2) is 0 Å². The normalized spacial score (nSPS) is 11.1. The Morgan fingerprint density at radius 3 is 3.00 bits per heavy atom. The number of pyridine rings is 1. The maximum Gasteiger partial charge on any atom is 0.0722 e. The first-order valence-corrected chi connectivity index (χ1v) is 5.60. The van der Waals surface area contributed by atoms with Crippen LogP contribution in [0, 0.1) is 0 Å². The molecule has 2 heteroatoms. The summed E-state index contributed by atoms with van der Waals surface area (Å²) in [5, 5.41) is 4.62. The highest BCUT2D eigenvalue weighted by molar-refractivity contribution is 5.90. The number of hydrogen-bond acceptors (Lipinski definition) is 2. The molecule has 0 bridgehead atoms. The number of nitrogens with one attached hydrogen (secondary N) is 1. The lowest BCUT2D eigenvalue weighted by atomic mass is 10.2. The molecule has 0 atom stereocenters. The highest BCUT2D eigenvalue weighted by Crippen LogP contribution is 2.20. The van der Waals surface area contributed by atoms with Gasteiger partial charge in [0.25, 0.3) is 0 Å². The van der Waals surface area contributed by atoms with Crippen LogP contribution in [0.4, 0.5) is 5.69 Å². The van der Waals surface area contributed by atoms with Crippen molar-refractivity contribution in [2.45, 2.75) is 13.3 Å². The van der Waals surface area contributed by atoms with Gasteiger partial charge in [-0.25, -0.2) is 0 Å². The molecule has 0 radical (unpaired) electrons. The predicted octanol–water partition coefficient (Wildman–Crippen LogP) is 3.61. The Bertz CT molecular complexity index is 484. The summed E-state index contributed by atoms with van der Waals surface area (Å²) < 4.78 is 0. The summed E-state index contributed by atoms with van der Waals surface area (Å²) in [6.07, 6.45) is 7.14. The van der Waals surface area contributed by atoms with Crippen LogP contribution < -0.4 is 5.32 Å². The van der Waals surface area contributed by atoms with Gasteiger partial charge in [-0.15, -0.1) is 0 Å². The van der Waals surface area contributed by atoms with Gasteiger partial charge in [0.1, 0.15) is 0 Å². The fourth-order valence-electron chi connectivity index (χ4n) is 1.71. The fourth-order valence-corrected chi connectivity index (χ4v) is 1.71. The quantitative estimate of drug-likeness (QED) is 0.618. The largest absolute Gasteiger partial charge is 0.384 e. The second kappa shape index (κ2) is 5.31. The van der Waals surface area contributed by atoms with Crippen molar-refractivity contribution in [1.82, 2.24) is 4.98 Å². The van der Waals surface area contributed by atoms with Crippen molar-refractivity contribution in [1.29, 1.82) is 0 Å². The summed E-state index contributed by atoms with van der Waals surface area (Å²) in [5.74, 6) is 0. The minimum absolute atomic E-state index is 0.957. The van der Waals surface area contributed by atoms with Crippen LogP contribution >= 0.6 is 0 Å². The second-order valence-corrected chi connectivity index (χ2v) is 3.66. The number of para-hydroxylation sites is 1. The zero-order chi connectivity index (χ0) is 11.2. The first-order valence-electron chi connectivity index (χ1n) is 5.60. The van der Waals surface area contributed by atoms with Crippen LogP contribution in [-0.4, -0.2) is 11.5 Å². The monoisotopic (exact) mass is 212 g/mol. The minimum atomic E-state index is 0.957. The average Bonchev–Trinajstić information content (AvgIpc) is 2.35. The summed E-state index contributed by atoms with van der Waals surface area (Å²) in [6, 6.07) is 10.2. The van der Waals surface area contributed by atoms with Gasteiger partial charge in [-0.05, 0) is 25.5 Å². The van der Waals surface area contributed by atoms with Crippen molar-refractivity contribution in [2.24, 2.45) is 0 Å². The second-order valence-electron chi connectivity index (χ2n) is 3.66. The molecule has 0 aliphatic carbocycles. The van der Waals surface area contributed by atoms with E-state index in [1.807, 2.05) is 37.4 Å². The number of nitrogens with zero attached hydrogens (tertiary/aromatic N) is 1. The number of anilines is 1. The highest BCUT2D eigenvalue weighted by atomic mass is 14.9. The van der Waals surface area contributed by atoms with Crippen molar-refractivity contribution in [3.05, 3.63) is 48.7 Å². The number of benzene rings is 1. The molecule has 16 heavy (non-hydrogen) atoms. The lowest BCUT2D eigenvalue weighted by Crippen LogP contribution is -2.00. The summed E-state index contributed by atoms with van der Waals surface area (Å²) >= 11 is 0. The first-order chi connectivity index (χ1) is 7.92. The van der Waals surface area contributed by atoms with Crippen LogP contribution in [0.1, 0.15) is 13.3 Å². The third-order valence-electron chi connectivity index (χ3n) is 2.51. The van der Waals surface area contributed by atoms with E-state index in [4.69, 9.17) is 0 Å². The summed E-state index contributed by atoms with van der Waals surface area (Å²) in [4.78, 5) is 4.33. The summed E-state index contributed by atoms with van der Waals surface area (Å²) in [5.41, 5.74) is 2.20. The van der Waals surface area contributed by atoms with Gasteiger partial charge in [0, 0.05) is 23.8 Å². The van der Waals surface area contributed by atoms with Crippen molar-refractivity contribution >= 4 is 16.6 Å². The number of aromatic nitrogens is 1. The molecule has 0 amide bonds. The van der Waals surface area contributed by atoms with Crippen LogP contribution in [0.2, 0.25) is 0 Å². The minimum Gasteiger partial charge on any atom is -0.384 e. The van der Waals surface area contributed by atoms with Crippen LogP contribution in [-0.2, 0) is 0 Å². The van der Waals surface area contributed by atoms with E-state index in [9.17, 15) is 0 Å². The molecule has 1 heterocycles. The third kappa shape index (κ3) is 2.40. The molecular formula is C14H16N2. The predicted molar refractivity (Wildman–Crippen MR) is 69.7 cm³/mol. The molecule has 0 saturated heterocycles. The topological polar surface area (TPSA) is 24.9 Å². The van der Waals surface area contributed by atoms with Gasteiger partial charge < -0.3 is 5.32 Å². The molecule has 0 aliphatic heterocycles. The van der Waals surface area contributed by atoms with E-state index in [1.165, 1.54) is 5.39 Å². The van der Waals surface area contributed by atoms with Gasteiger partial charge in [-0.2, -0.15) is 0 Å². The Labute approximate surface area is 96.0 Å². The Hall–Kier alpha value is -1.83. The van der Waals surface area contributed by atoms with Crippen LogP contribution in [0.5, 0.6) is 0 Å². The molecule has 2 rings (SSSR count). The van der Waals surface area contributed by atoms with E-state index < -0.39 is 0 Å². The van der Waals surface area contributed by atoms with Crippen LogP contribution in [0.3, 0.4) is 0 Å². The van der Waals surface area contributed by atoms with E-state index in [-0.39, 0.29) is 0 Å². The van der Waals surface area contributed by atoms with Gasteiger partial charge >= 0.3 is 0 Å². The maximum absolute atomic E-state index is 4.33. The molecule has 1 N–H and O–H groups in total. The summed E-state index contributed by atoms with van der Waals surface area (Å²) in [6.45, 7) is 3.00. The first kappa shape index (κ1) is 10.7. The molecule has 0 spiro atoms. The fraction of sp³-hybridized carbons (Fsp3) is 0.214. The van der Waals surface area contributed by atoms with E-state index in [1.54, 1.807) is 0 Å². The number of hydrogen-bond donors (Lipinski definition) is 1. The molecule has 1 aromatic heterocycles. The maximum atomic E-state index is 4.33. The zero-order valence-corrected chi connectivity index (χ0v) is 9.48. The molecule has 1 aromatic carbocycles. The number of rotatable bonds is 4. The van der Waals surface area contributed by atoms with Gasteiger partial charge in [-0.1, -0.05) is 30.4 Å². The van der Waals surface area contributed by atoms with E-state index in [0.29, 0.717) is 0 Å². The average molecular weight is 212 g/mol. The van der Waals surface area contributed by atoms with Gasteiger partial charge in [0.2, 0.25) is 0 Å². The standard InChI is InChI=1S/C14H16N2/c1-2-3-6-10-15-14-9-11-16-13-8-5-4-7-12(13)14/h2-5,7-9,11H,6,10H2,1H3,(H,15,16)/b3-2+. The number of fused-ring (bicyclic) bond motifs is 1. The lowest BCUT2D eigenvalue weighted by Gasteiger charge is -2.07. The molecule has 2 aromatic rings. The third-order valence-corrected chi connectivity index (χ3v) is 2.51. The Kier molecular flexibility index (Phi) is 3.54. The van der Waals surface area contributed by atoms with Crippen molar-refractivity contribution < 1.29 is 0 Å². The summed E-state index contributed by atoms with van der Waals surface area (Å²) in [7, 11) is 0. The molecule has 82 valence electrons. The Morgan fingerprint density at radius 2 is 2.12 bits per heavy atom. The highest BCUT2D eigenvalue weighted by Gasteiger charge is 1.98. The molecule has 0 saturated carbocycles. The van der Waals surface area contributed by atoms with Crippen molar-refractivity contribution in [3.63, 3.8) is 0 Å².